The fourth-order valence-corrected chi connectivity index (χ4v) is 1.40. The predicted octanol–water partition coefficient (Wildman–Crippen LogP) is 0.412. The van der Waals surface area contributed by atoms with Gasteiger partial charge in [-0.15, -0.1) is 0 Å². The van der Waals surface area contributed by atoms with E-state index in [0.717, 1.165) is 6.42 Å². The second-order valence-corrected chi connectivity index (χ2v) is 3.83. The topological polar surface area (TPSA) is 136 Å². The van der Waals surface area contributed by atoms with Gasteiger partial charge in [-0.25, -0.2) is 4.98 Å². The van der Waals surface area contributed by atoms with Gasteiger partial charge in [-0.1, -0.05) is 6.92 Å². The fraction of sp³-hybridized carbons (Fsp3) is 0.500. The van der Waals surface area contributed by atoms with Crippen LogP contribution in [0.25, 0.3) is 0 Å². The van der Waals surface area contributed by atoms with Crippen molar-refractivity contribution >= 4 is 23.4 Å². The molecule has 1 aromatic heterocycles. The number of rotatable bonds is 7. The molecule has 104 valence electrons. The van der Waals surface area contributed by atoms with Crippen molar-refractivity contribution in [2.45, 2.75) is 20.3 Å². The zero-order valence-electron chi connectivity index (χ0n) is 10.8. The molecule has 0 atom stereocenters. The summed E-state index contributed by atoms with van der Waals surface area (Å²) < 4.78 is 0. The van der Waals surface area contributed by atoms with E-state index in [9.17, 15) is 14.9 Å². The molecule has 0 aromatic carbocycles. The molecular weight excluding hydrogens is 252 g/mol. The lowest BCUT2D eigenvalue weighted by Crippen LogP contribution is -2.23. The van der Waals surface area contributed by atoms with Crippen LogP contribution in [0.2, 0.25) is 0 Å². The van der Waals surface area contributed by atoms with Crippen LogP contribution in [0.5, 0.6) is 0 Å². The van der Waals surface area contributed by atoms with Crippen LogP contribution in [0.1, 0.15) is 19.0 Å². The summed E-state index contributed by atoms with van der Waals surface area (Å²) in [6.45, 7) is 3.89. The van der Waals surface area contributed by atoms with Crippen LogP contribution >= 0.6 is 0 Å². The number of nitrogens with two attached hydrogens (primary N) is 1. The number of primary amides is 1. The first-order chi connectivity index (χ1) is 8.95. The summed E-state index contributed by atoms with van der Waals surface area (Å²) in [5.41, 5.74) is 4.95. The van der Waals surface area contributed by atoms with Crippen LogP contribution < -0.4 is 16.4 Å². The molecule has 0 fully saturated rings. The molecule has 0 radical (unpaired) electrons. The Balaban J connectivity index is 3.09. The van der Waals surface area contributed by atoms with E-state index >= 15 is 0 Å². The number of aryl methyl sites for hydroxylation is 1. The molecule has 1 amide bonds. The third-order valence-electron chi connectivity index (χ3n) is 2.20. The van der Waals surface area contributed by atoms with Gasteiger partial charge in [0.2, 0.25) is 17.7 Å². The molecule has 9 nitrogen and oxygen atoms in total. The third kappa shape index (κ3) is 4.05. The number of amides is 1. The van der Waals surface area contributed by atoms with E-state index in [2.05, 4.69) is 20.6 Å². The van der Waals surface area contributed by atoms with Crippen molar-refractivity contribution in [1.29, 1.82) is 0 Å². The van der Waals surface area contributed by atoms with Gasteiger partial charge in [0.25, 0.3) is 0 Å². The van der Waals surface area contributed by atoms with E-state index in [4.69, 9.17) is 5.73 Å². The van der Waals surface area contributed by atoms with E-state index in [1.54, 1.807) is 0 Å². The highest BCUT2D eigenvalue weighted by Crippen LogP contribution is 2.26. The quantitative estimate of drug-likeness (QED) is 0.481. The van der Waals surface area contributed by atoms with Gasteiger partial charge in [0.05, 0.1) is 11.5 Å². The molecule has 1 heterocycles. The number of anilines is 2. The van der Waals surface area contributed by atoms with Crippen molar-refractivity contribution in [3.05, 3.63) is 15.8 Å². The Labute approximate surface area is 109 Å². The Bertz CT molecular complexity index is 490. The molecule has 0 aliphatic carbocycles. The van der Waals surface area contributed by atoms with Crippen molar-refractivity contribution in [2.24, 2.45) is 5.73 Å². The summed E-state index contributed by atoms with van der Waals surface area (Å²) >= 11 is 0. The lowest BCUT2D eigenvalue weighted by Gasteiger charge is -2.09. The van der Waals surface area contributed by atoms with Crippen molar-refractivity contribution < 1.29 is 9.72 Å². The molecule has 0 saturated heterocycles. The monoisotopic (exact) mass is 268 g/mol. The third-order valence-corrected chi connectivity index (χ3v) is 2.20. The molecule has 1 rings (SSSR count). The van der Waals surface area contributed by atoms with E-state index < -0.39 is 10.8 Å². The highest BCUT2D eigenvalue weighted by Gasteiger charge is 2.22. The molecular formula is C10H16N6O3. The predicted molar refractivity (Wildman–Crippen MR) is 69.9 cm³/mol. The Morgan fingerprint density at radius 2 is 2.11 bits per heavy atom. The summed E-state index contributed by atoms with van der Waals surface area (Å²) in [7, 11) is 0. The Morgan fingerprint density at radius 1 is 1.42 bits per heavy atom. The molecule has 0 spiro atoms. The van der Waals surface area contributed by atoms with Crippen molar-refractivity contribution in [3.8, 4) is 0 Å². The number of nitrogens with zero attached hydrogens (tertiary/aromatic N) is 3. The van der Waals surface area contributed by atoms with E-state index in [1.165, 1.54) is 6.92 Å². The van der Waals surface area contributed by atoms with Gasteiger partial charge in [-0.3, -0.25) is 14.9 Å². The molecule has 0 saturated carbocycles. The molecule has 19 heavy (non-hydrogen) atoms. The number of hydrogen-bond donors (Lipinski definition) is 3. The van der Waals surface area contributed by atoms with Gasteiger partial charge in [0.15, 0.2) is 0 Å². The number of nitro groups is 1. The smallest absolute Gasteiger partial charge is 0.332 e. The average Bonchev–Trinajstić information content (AvgIpc) is 2.32. The van der Waals surface area contributed by atoms with Crippen LogP contribution in [0, 0.1) is 17.0 Å². The second-order valence-electron chi connectivity index (χ2n) is 3.83. The molecule has 0 aliphatic heterocycles. The minimum Gasteiger partial charge on any atom is -0.368 e. The van der Waals surface area contributed by atoms with Gasteiger partial charge >= 0.3 is 5.69 Å². The Kier molecular flexibility index (Phi) is 4.98. The lowest BCUT2D eigenvalue weighted by molar-refractivity contribution is -0.385. The molecule has 0 bridgehead atoms. The highest BCUT2D eigenvalue weighted by molar-refractivity contribution is 5.79. The lowest BCUT2D eigenvalue weighted by atomic mass is 10.3. The number of hydrogen-bond acceptors (Lipinski definition) is 7. The Hall–Kier alpha value is -2.45. The van der Waals surface area contributed by atoms with Crippen LogP contribution in [-0.2, 0) is 4.79 Å². The van der Waals surface area contributed by atoms with Gasteiger partial charge in [0.1, 0.15) is 5.69 Å². The van der Waals surface area contributed by atoms with E-state index in [0.29, 0.717) is 6.54 Å². The minimum absolute atomic E-state index is 0.0186. The first-order valence-corrected chi connectivity index (χ1v) is 5.74. The minimum atomic E-state index is -0.631. The van der Waals surface area contributed by atoms with Crippen LogP contribution in [-0.4, -0.2) is 33.9 Å². The normalized spacial score (nSPS) is 10.0. The van der Waals surface area contributed by atoms with Gasteiger partial charge in [0, 0.05) is 6.54 Å². The van der Waals surface area contributed by atoms with Gasteiger partial charge in [-0.05, 0) is 13.3 Å². The number of nitrogens with one attached hydrogen (secondary N) is 2. The maximum Gasteiger partial charge on any atom is 0.332 e. The van der Waals surface area contributed by atoms with Gasteiger partial charge in [-0.2, -0.15) is 4.98 Å². The standard InChI is InChI=1S/C10H16N6O3/c1-3-4-12-10-14-6(2)8(16(18)19)9(15-10)13-5-7(11)17/h3-5H2,1-2H3,(H2,11,17)(H2,12,13,14,15). The summed E-state index contributed by atoms with van der Waals surface area (Å²) in [4.78, 5) is 29.1. The van der Waals surface area contributed by atoms with Crippen molar-refractivity contribution in [1.82, 2.24) is 9.97 Å². The molecule has 1 aromatic rings. The first kappa shape index (κ1) is 14.6. The van der Waals surface area contributed by atoms with Crippen molar-refractivity contribution in [3.63, 3.8) is 0 Å². The maximum atomic E-state index is 11.0. The largest absolute Gasteiger partial charge is 0.368 e. The summed E-state index contributed by atoms with van der Waals surface area (Å²) in [5.74, 6) is -0.375. The number of carbonyl (C=O) groups is 1. The maximum absolute atomic E-state index is 11.0. The molecule has 0 aliphatic rings. The molecule has 9 heteroatoms. The van der Waals surface area contributed by atoms with Gasteiger partial charge < -0.3 is 16.4 Å². The SMILES string of the molecule is CCCNc1nc(C)c([N+](=O)[O-])c(NCC(N)=O)n1. The summed E-state index contributed by atoms with van der Waals surface area (Å²) in [6, 6.07) is 0. The summed E-state index contributed by atoms with van der Waals surface area (Å²) in [6.07, 6.45) is 0.865. The zero-order valence-corrected chi connectivity index (χ0v) is 10.8. The molecule has 4 N–H and O–H groups in total. The second kappa shape index (κ2) is 6.47. The van der Waals surface area contributed by atoms with Crippen LogP contribution in [0.4, 0.5) is 17.5 Å². The summed E-state index contributed by atoms with van der Waals surface area (Å²) in [5, 5.41) is 16.4. The average molecular weight is 268 g/mol. The van der Waals surface area contributed by atoms with E-state index in [1.807, 2.05) is 6.92 Å². The number of aromatic nitrogens is 2. The number of carbonyl (C=O) groups excluding carboxylic acids is 1. The van der Waals surface area contributed by atoms with Crippen LogP contribution in [0.3, 0.4) is 0 Å². The fourth-order valence-electron chi connectivity index (χ4n) is 1.40. The van der Waals surface area contributed by atoms with E-state index in [-0.39, 0.29) is 29.7 Å². The highest BCUT2D eigenvalue weighted by atomic mass is 16.6. The zero-order chi connectivity index (χ0) is 14.4. The molecule has 0 unspecified atom stereocenters. The Morgan fingerprint density at radius 3 is 2.63 bits per heavy atom. The van der Waals surface area contributed by atoms with Crippen LogP contribution in [0.15, 0.2) is 0 Å². The van der Waals surface area contributed by atoms with Crippen molar-refractivity contribution in [2.75, 3.05) is 23.7 Å². The first-order valence-electron chi connectivity index (χ1n) is 5.74.